The Bertz CT molecular complexity index is 2540. The summed E-state index contributed by atoms with van der Waals surface area (Å²) in [6, 6.07) is 9.64. The van der Waals surface area contributed by atoms with Crippen LogP contribution in [0.2, 0.25) is 0 Å². The van der Waals surface area contributed by atoms with Gasteiger partial charge in [0, 0.05) is 37.9 Å². The molecule has 1 saturated heterocycles. The number of hydrogen-bond acceptors (Lipinski definition) is 11. The van der Waals surface area contributed by atoms with Gasteiger partial charge in [0.15, 0.2) is 11.9 Å². The van der Waals surface area contributed by atoms with Crippen LogP contribution in [0, 0.1) is 29.1 Å². The minimum atomic E-state index is -1.48. The van der Waals surface area contributed by atoms with Crippen LogP contribution in [0.15, 0.2) is 70.6 Å². The van der Waals surface area contributed by atoms with Gasteiger partial charge in [0.1, 0.15) is 42.3 Å². The van der Waals surface area contributed by atoms with Gasteiger partial charge < -0.3 is 71.2 Å². The fourth-order valence-electron chi connectivity index (χ4n) is 12.3. The molecule has 7 rings (SSSR count). The van der Waals surface area contributed by atoms with E-state index in [4.69, 9.17) is 34.4 Å². The third-order valence-corrected chi connectivity index (χ3v) is 15.7. The van der Waals surface area contributed by atoms with Crippen LogP contribution in [-0.4, -0.2) is 132 Å². The number of nitrogens with zero attached hydrogens (tertiary/aromatic N) is 3. The molecule has 5 fully saturated rings. The monoisotopic (exact) mass is 1110 g/mol. The Kier molecular flexibility index (Phi) is 22.2. The molecule has 0 spiro atoms. The second kappa shape index (κ2) is 28.9. The molecule has 24 nitrogen and oxygen atoms in total. The Hall–Kier alpha value is -7.79. The van der Waals surface area contributed by atoms with E-state index in [9.17, 15) is 43.2 Å². The maximum atomic E-state index is 14.8. The van der Waals surface area contributed by atoms with Crippen LogP contribution in [0.4, 0.5) is 0 Å². The minimum absolute atomic E-state index is 0.00774. The first-order valence-corrected chi connectivity index (χ1v) is 28.0. The normalized spacial score (nSPS) is 22.0. The molecule has 7 atom stereocenters. The molecule has 5 aliphatic rings. The second-order valence-electron chi connectivity index (χ2n) is 22.7. The van der Waals surface area contributed by atoms with Gasteiger partial charge >= 0.3 is 0 Å². The van der Waals surface area contributed by atoms with Crippen molar-refractivity contribution in [2.45, 2.75) is 159 Å². The van der Waals surface area contributed by atoms with Gasteiger partial charge in [0.05, 0.1) is 6.42 Å². The summed E-state index contributed by atoms with van der Waals surface area (Å²) in [5.41, 5.74) is 33.9. The van der Waals surface area contributed by atoms with Gasteiger partial charge in [-0.15, -0.1) is 0 Å². The lowest BCUT2D eigenvalue weighted by Gasteiger charge is -2.55. The van der Waals surface area contributed by atoms with Crippen molar-refractivity contribution in [3.05, 3.63) is 71.8 Å². The molecule has 4 saturated carbocycles. The molecular weight excluding hydrogens is 1030 g/mol. The first-order chi connectivity index (χ1) is 38.1. The van der Waals surface area contributed by atoms with Crippen LogP contribution in [0.25, 0.3) is 0 Å². The van der Waals surface area contributed by atoms with E-state index in [0.29, 0.717) is 29.7 Å². The summed E-state index contributed by atoms with van der Waals surface area (Å²) in [5, 5.41) is 16.9. The van der Waals surface area contributed by atoms with Crippen LogP contribution in [0.5, 0.6) is 0 Å². The topological polar surface area (TPSA) is 410 Å². The highest BCUT2D eigenvalue weighted by atomic mass is 16.2. The number of amides is 9. The van der Waals surface area contributed by atoms with E-state index in [2.05, 4.69) is 41.9 Å². The molecule has 2 aromatic carbocycles. The molecule has 0 radical (unpaired) electrons. The molecule has 0 aromatic heterocycles. The lowest BCUT2D eigenvalue weighted by atomic mass is 9.49. The molecule has 2 aromatic rings. The standard InChI is InChI=1S/C56H83N15O9/c1-32(2)22-41(68-50(77)43(27-34-14-7-4-8-15-34)70-53(80)56-29-35-23-36(30-56)25-37(24-35)31-56)48(75)69-42(26-33-12-5-3-6-13-33)49(76)66-39(17-10-20-64-55(61)62)52(79)71-21-11-18-44(71)51(78)65-38(16-9-19-63-54(59)60)47(74)67-40(46(58)73)28-45(57)72/h3-8,12-15,32,35-44H,9-11,16-31H2,1-2H3,(H2,57,72)(H2,58,73)(H,65,78)(H,66,76)(H,67,74)(H,68,77)(H,69,75)(H,70,80)(H4,59,60,63)(H4,61,62,64)/t35?,36?,37?,38-,39-,40-,41-,42-,43-,44-,56?/m0/s1. The molecule has 1 heterocycles. The highest BCUT2D eigenvalue weighted by Crippen LogP contribution is 2.60. The van der Waals surface area contributed by atoms with Crippen LogP contribution < -0.4 is 66.3 Å². The van der Waals surface area contributed by atoms with Crippen LogP contribution in [-0.2, 0) is 56.0 Å². The first-order valence-electron chi connectivity index (χ1n) is 28.0. The van der Waals surface area contributed by atoms with Gasteiger partial charge in [-0.3, -0.25) is 53.1 Å². The third kappa shape index (κ3) is 17.9. The van der Waals surface area contributed by atoms with E-state index in [0.717, 1.165) is 44.1 Å². The average Bonchev–Trinajstić information content (AvgIpc) is 3.99. The summed E-state index contributed by atoms with van der Waals surface area (Å²) >= 11 is 0. The molecule has 1 aliphatic heterocycles. The largest absolute Gasteiger partial charge is 0.370 e. The summed E-state index contributed by atoms with van der Waals surface area (Å²) in [5.74, 6) is -5.22. The molecule has 436 valence electrons. The van der Waals surface area contributed by atoms with Crippen molar-refractivity contribution in [2.24, 2.45) is 73.5 Å². The van der Waals surface area contributed by atoms with Crippen molar-refractivity contribution < 1.29 is 43.2 Å². The van der Waals surface area contributed by atoms with E-state index >= 15 is 0 Å². The van der Waals surface area contributed by atoms with Gasteiger partial charge in [-0.1, -0.05) is 74.5 Å². The van der Waals surface area contributed by atoms with Crippen LogP contribution in [0.3, 0.4) is 0 Å². The van der Waals surface area contributed by atoms with Gasteiger partial charge in [0.2, 0.25) is 53.2 Å². The number of carbonyl (C=O) groups is 9. The number of hydrogen-bond donors (Lipinski definition) is 12. The molecule has 18 N–H and O–H groups in total. The van der Waals surface area contributed by atoms with Crippen molar-refractivity contribution in [1.29, 1.82) is 0 Å². The zero-order valence-corrected chi connectivity index (χ0v) is 46.0. The molecular formula is C56H83N15O9. The van der Waals surface area contributed by atoms with E-state index in [-0.39, 0.29) is 94.7 Å². The van der Waals surface area contributed by atoms with Gasteiger partial charge in [-0.2, -0.15) is 0 Å². The number of primary amides is 2. The summed E-state index contributed by atoms with van der Waals surface area (Å²) in [6.07, 6.45) is 6.47. The van der Waals surface area contributed by atoms with Gasteiger partial charge in [-0.25, -0.2) is 0 Å². The second-order valence-corrected chi connectivity index (χ2v) is 22.7. The Morgan fingerprint density at radius 3 is 1.51 bits per heavy atom. The maximum absolute atomic E-state index is 14.8. The highest BCUT2D eigenvalue weighted by molar-refractivity contribution is 5.98. The number of nitrogens with two attached hydrogens (primary N) is 6. The Labute approximate surface area is 467 Å². The van der Waals surface area contributed by atoms with E-state index < -0.39 is 101 Å². The van der Waals surface area contributed by atoms with E-state index in [1.165, 1.54) is 4.90 Å². The Morgan fingerprint density at radius 1 is 0.575 bits per heavy atom. The highest BCUT2D eigenvalue weighted by Gasteiger charge is 2.55. The summed E-state index contributed by atoms with van der Waals surface area (Å²) in [4.78, 5) is 134. The molecule has 80 heavy (non-hydrogen) atoms. The number of benzene rings is 2. The molecule has 4 bridgehead atoms. The Morgan fingerprint density at radius 2 is 1.02 bits per heavy atom. The summed E-state index contributed by atoms with van der Waals surface area (Å²) in [7, 11) is 0. The predicted molar refractivity (Wildman–Crippen MR) is 299 cm³/mol. The predicted octanol–water partition coefficient (Wildman–Crippen LogP) is -0.898. The lowest BCUT2D eigenvalue weighted by molar-refractivity contribution is -0.148. The fraction of sp³-hybridized carbons (Fsp3) is 0.589. The molecule has 4 aliphatic carbocycles. The van der Waals surface area contributed by atoms with Crippen molar-refractivity contribution in [1.82, 2.24) is 36.8 Å². The number of guanidine groups is 2. The van der Waals surface area contributed by atoms with Gasteiger partial charge in [-0.05, 0) is 118 Å². The summed E-state index contributed by atoms with van der Waals surface area (Å²) in [6.45, 7) is 4.05. The van der Waals surface area contributed by atoms with E-state index in [1.807, 2.05) is 44.2 Å². The third-order valence-electron chi connectivity index (χ3n) is 15.7. The zero-order chi connectivity index (χ0) is 58.1. The van der Waals surface area contributed by atoms with Crippen molar-refractivity contribution in [3.8, 4) is 0 Å². The lowest BCUT2D eigenvalue weighted by Crippen LogP contribution is -2.61. The number of aliphatic imine (C=N–C) groups is 2. The molecule has 0 unspecified atom stereocenters. The van der Waals surface area contributed by atoms with Crippen molar-refractivity contribution in [3.63, 3.8) is 0 Å². The van der Waals surface area contributed by atoms with E-state index in [1.54, 1.807) is 30.3 Å². The fourth-order valence-corrected chi connectivity index (χ4v) is 12.3. The first kappa shape index (κ1) is 61.4. The smallest absolute Gasteiger partial charge is 0.245 e. The number of likely N-dealkylation sites (tertiary alicyclic amines) is 1. The average molecular weight is 1110 g/mol. The van der Waals surface area contributed by atoms with Gasteiger partial charge in [0.25, 0.3) is 0 Å². The molecule has 24 heteroatoms. The van der Waals surface area contributed by atoms with Crippen molar-refractivity contribution >= 4 is 65.1 Å². The molecule has 9 amide bonds. The number of nitrogens with one attached hydrogen (secondary N) is 6. The quantitative estimate of drug-likeness (QED) is 0.0257. The number of rotatable bonds is 30. The van der Waals surface area contributed by atoms with Crippen LogP contribution >= 0.6 is 0 Å². The van der Waals surface area contributed by atoms with Crippen LogP contribution in [0.1, 0.15) is 115 Å². The summed E-state index contributed by atoms with van der Waals surface area (Å²) < 4.78 is 0. The zero-order valence-electron chi connectivity index (χ0n) is 46.0. The SMILES string of the molecule is CC(C)C[C@H](NC(=O)[C@H](Cc1ccccc1)NC(=O)C12CC3CC(CC(C3)C1)C2)C(=O)N[C@@H](Cc1ccccc1)C(=O)N[C@@H](CCCN=C(N)N)C(=O)N1CCC[C@H]1C(=O)N[C@@H](CCCN=C(N)N)C(=O)N[C@@H](CC(N)=O)C(N)=O. The Balaban J connectivity index is 1.22. The van der Waals surface area contributed by atoms with Crippen molar-refractivity contribution in [2.75, 3.05) is 19.6 Å². The minimum Gasteiger partial charge on any atom is -0.370 e. The number of carbonyl (C=O) groups excluding carboxylic acids is 9. The maximum Gasteiger partial charge on any atom is 0.245 e.